The molecule has 38 heavy (non-hydrogen) atoms. The van der Waals surface area contributed by atoms with Gasteiger partial charge in [-0.15, -0.1) is 0 Å². The maximum atomic E-state index is 12.9. The number of benzene rings is 2. The molecule has 2 N–H and O–H groups in total. The Morgan fingerprint density at radius 3 is 2.37 bits per heavy atom. The van der Waals surface area contributed by atoms with Crippen molar-refractivity contribution in [2.75, 3.05) is 31.6 Å². The summed E-state index contributed by atoms with van der Waals surface area (Å²) in [5.74, 6) is -0.445. The Balaban J connectivity index is 1.89. The number of ether oxygens (including phenoxy) is 2. The molecular weight excluding hydrogens is 501 g/mol. The minimum absolute atomic E-state index is 0.0792. The maximum absolute atomic E-state index is 12.9. The van der Waals surface area contributed by atoms with Crippen LogP contribution in [0, 0.1) is 6.92 Å². The van der Waals surface area contributed by atoms with E-state index < -0.39 is 24.7 Å². The third-order valence-electron chi connectivity index (χ3n) is 5.81. The zero-order valence-electron chi connectivity index (χ0n) is 21.9. The quantitative estimate of drug-likeness (QED) is 0.240. The van der Waals surface area contributed by atoms with E-state index in [1.165, 1.54) is 0 Å². The predicted octanol–water partition coefficient (Wildman–Crippen LogP) is 6.45. The highest BCUT2D eigenvalue weighted by atomic mass is 19.4. The molecule has 0 fully saturated rings. The number of hydrogen-bond donors (Lipinski definition) is 2. The van der Waals surface area contributed by atoms with Gasteiger partial charge in [0.15, 0.2) is 6.10 Å². The van der Waals surface area contributed by atoms with Gasteiger partial charge in [-0.05, 0) is 62.1 Å². The van der Waals surface area contributed by atoms with E-state index in [1.54, 1.807) is 42.2 Å². The van der Waals surface area contributed by atoms with Crippen molar-refractivity contribution < 1.29 is 37.3 Å². The van der Waals surface area contributed by atoms with Crippen LogP contribution in [0.15, 0.2) is 48.5 Å². The molecule has 0 spiro atoms. The van der Waals surface area contributed by atoms with Gasteiger partial charge in [-0.1, -0.05) is 37.1 Å². The average molecular weight is 539 g/mol. The number of halogens is 3. The molecule has 2 amide bonds. The van der Waals surface area contributed by atoms with Crippen molar-refractivity contribution in [1.82, 2.24) is 4.90 Å². The van der Waals surface area contributed by atoms with Crippen LogP contribution in [0.4, 0.5) is 23.7 Å². The summed E-state index contributed by atoms with van der Waals surface area (Å²) in [5.41, 5.74) is 2.46. The molecule has 1 atom stereocenters. The second-order valence-corrected chi connectivity index (χ2v) is 9.04. The lowest BCUT2D eigenvalue weighted by Crippen LogP contribution is -2.38. The Morgan fingerprint density at radius 1 is 1.03 bits per heavy atom. The van der Waals surface area contributed by atoms with Crippen LogP contribution in [0.1, 0.15) is 50.2 Å². The van der Waals surface area contributed by atoms with Gasteiger partial charge < -0.3 is 24.8 Å². The molecule has 1 unspecified atom stereocenters. The lowest BCUT2D eigenvalue weighted by atomic mass is 10.1. The Morgan fingerprint density at radius 2 is 1.74 bits per heavy atom. The predicted molar refractivity (Wildman–Crippen MR) is 140 cm³/mol. The number of carbonyl (C=O) groups is 2. The number of carboxylic acids is 1. The number of alkyl halides is 3. The van der Waals surface area contributed by atoms with Gasteiger partial charge in [0, 0.05) is 31.7 Å². The lowest BCUT2D eigenvalue weighted by molar-refractivity contribution is -0.150. The summed E-state index contributed by atoms with van der Waals surface area (Å²) < 4.78 is 48.1. The summed E-state index contributed by atoms with van der Waals surface area (Å²) >= 11 is 0. The van der Waals surface area contributed by atoms with Crippen molar-refractivity contribution >= 4 is 17.7 Å². The molecule has 0 aliphatic rings. The number of aliphatic carboxylic acids is 1. The van der Waals surface area contributed by atoms with Crippen molar-refractivity contribution in [3.05, 3.63) is 59.7 Å². The highest BCUT2D eigenvalue weighted by Crippen LogP contribution is 2.23. The van der Waals surface area contributed by atoms with Crippen LogP contribution in [-0.4, -0.2) is 60.6 Å². The number of rotatable bonds is 16. The number of nitrogens with zero attached hydrogens (tertiary/aromatic N) is 1. The van der Waals surface area contributed by atoms with E-state index in [4.69, 9.17) is 9.47 Å². The summed E-state index contributed by atoms with van der Waals surface area (Å²) in [6, 6.07) is 14.1. The molecule has 0 radical (unpaired) electrons. The van der Waals surface area contributed by atoms with Gasteiger partial charge in [0.25, 0.3) is 0 Å². The molecule has 210 valence electrons. The smallest absolute Gasteiger partial charge is 0.389 e. The first kappa shape index (κ1) is 31.0. The first-order valence-electron chi connectivity index (χ1n) is 12.8. The number of anilines is 1. The molecule has 2 aromatic carbocycles. The number of amides is 2. The number of hydrogen-bond acceptors (Lipinski definition) is 4. The monoisotopic (exact) mass is 538 g/mol. The molecule has 0 saturated heterocycles. The van der Waals surface area contributed by atoms with E-state index in [0.29, 0.717) is 43.9 Å². The normalized spacial score (nSPS) is 12.1. The summed E-state index contributed by atoms with van der Waals surface area (Å²) in [5, 5.41) is 12.1. The molecule has 10 heteroatoms. The van der Waals surface area contributed by atoms with E-state index in [2.05, 4.69) is 5.32 Å². The second kappa shape index (κ2) is 15.9. The van der Waals surface area contributed by atoms with E-state index in [1.807, 2.05) is 25.1 Å². The average Bonchev–Trinajstić information content (AvgIpc) is 2.85. The van der Waals surface area contributed by atoms with E-state index in [9.17, 15) is 27.9 Å². The third-order valence-corrected chi connectivity index (χ3v) is 5.81. The van der Waals surface area contributed by atoms with Gasteiger partial charge in [0.1, 0.15) is 12.4 Å². The molecule has 2 aromatic rings. The van der Waals surface area contributed by atoms with Crippen LogP contribution in [0.2, 0.25) is 0 Å². The van der Waals surface area contributed by atoms with E-state index in [0.717, 1.165) is 11.1 Å². The first-order valence-corrected chi connectivity index (χ1v) is 12.8. The molecular formula is C28H37F3N2O5. The molecule has 0 heterocycles. The van der Waals surface area contributed by atoms with Crippen molar-refractivity contribution in [2.24, 2.45) is 0 Å². The highest BCUT2D eigenvalue weighted by molar-refractivity contribution is 5.89. The fraction of sp³-hybridized carbons (Fsp3) is 0.500. The van der Waals surface area contributed by atoms with E-state index in [-0.39, 0.29) is 32.0 Å². The summed E-state index contributed by atoms with van der Waals surface area (Å²) in [7, 11) is 0. The molecule has 7 nitrogen and oxygen atoms in total. The van der Waals surface area contributed by atoms with Crippen LogP contribution in [0.5, 0.6) is 5.75 Å². The first-order chi connectivity index (χ1) is 18.1. The standard InChI is InChI=1S/C28H37F3N2O5/c1-3-37-25(26(34)35)20-22-11-13-24(14-12-22)38-18-17-33(16-7-5-4-6-15-28(29,30)31)27(36)32-23-10-8-9-21(2)19-23/h8-14,19,25H,3-7,15-18,20H2,1-2H3,(H,32,36)(H,34,35). The van der Waals surface area contributed by atoms with Gasteiger partial charge in [-0.2, -0.15) is 13.2 Å². The van der Waals surface area contributed by atoms with Gasteiger partial charge in [-0.3, -0.25) is 0 Å². The minimum atomic E-state index is -4.14. The van der Waals surface area contributed by atoms with Crippen LogP contribution >= 0.6 is 0 Å². The summed E-state index contributed by atoms with van der Waals surface area (Å²) in [4.78, 5) is 25.8. The van der Waals surface area contributed by atoms with Crippen molar-refractivity contribution in [3.63, 3.8) is 0 Å². The molecule has 0 aliphatic carbocycles. The number of carboxylic acid groups (broad SMARTS) is 1. The Labute approximate surface area is 221 Å². The topological polar surface area (TPSA) is 88.1 Å². The van der Waals surface area contributed by atoms with Gasteiger partial charge >= 0.3 is 18.2 Å². The molecule has 0 saturated carbocycles. The van der Waals surface area contributed by atoms with E-state index >= 15 is 0 Å². The number of carbonyl (C=O) groups excluding carboxylic acids is 1. The number of unbranched alkanes of at least 4 members (excludes halogenated alkanes) is 3. The Bertz CT molecular complexity index is 999. The fourth-order valence-corrected chi connectivity index (χ4v) is 3.85. The maximum Gasteiger partial charge on any atom is 0.389 e. The number of urea groups is 1. The van der Waals surface area contributed by atoms with Crippen molar-refractivity contribution in [2.45, 2.75) is 64.7 Å². The molecule has 0 aliphatic heterocycles. The minimum Gasteiger partial charge on any atom is -0.492 e. The highest BCUT2D eigenvalue weighted by Gasteiger charge is 2.25. The van der Waals surface area contributed by atoms with Crippen LogP contribution < -0.4 is 10.1 Å². The Kier molecular flexibility index (Phi) is 12.9. The van der Waals surface area contributed by atoms with Crippen LogP contribution in [0.25, 0.3) is 0 Å². The van der Waals surface area contributed by atoms with Crippen LogP contribution in [-0.2, 0) is 16.0 Å². The number of nitrogens with one attached hydrogen (secondary N) is 1. The fourth-order valence-electron chi connectivity index (χ4n) is 3.85. The third kappa shape index (κ3) is 12.3. The number of aryl methyl sites for hydroxylation is 1. The zero-order chi connectivity index (χ0) is 28.0. The molecule has 2 rings (SSSR count). The molecule has 0 bridgehead atoms. The summed E-state index contributed by atoms with van der Waals surface area (Å²) in [6.45, 7) is 4.86. The SMILES string of the molecule is CCOC(Cc1ccc(OCCN(CCCCCCC(F)(F)F)C(=O)Nc2cccc(C)c2)cc1)C(=O)O. The second-order valence-electron chi connectivity index (χ2n) is 9.04. The Hall–Kier alpha value is -3.27. The molecule has 0 aromatic heterocycles. The van der Waals surface area contributed by atoms with Gasteiger partial charge in [0.05, 0.1) is 6.54 Å². The van der Waals surface area contributed by atoms with Crippen LogP contribution in [0.3, 0.4) is 0 Å². The van der Waals surface area contributed by atoms with Crippen molar-refractivity contribution in [1.29, 1.82) is 0 Å². The largest absolute Gasteiger partial charge is 0.492 e. The summed E-state index contributed by atoms with van der Waals surface area (Å²) in [6.07, 6.45) is -3.92. The van der Waals surface area contributed by atoms with Gasteiger partial charge in [0.2, 0.25) is 0 Å². The van der Waals surface area contributed by atoms with Crippen molar-refractivity contribution in [3.8, 4) is 5.75 Å². The van der Waals surface area contributed by atoms with Gasteiger partial charge in [-0.25, -0.2) is 9.59 Å². The zero-order valence-corrected chi connectivity index (χ0v) is 21.9. The lowest BCUT2D eigenvalue weighted by Gasteiger charge is -2.23.